The maximum atomic E-state index is 10.8. The van der Waals surface area contributed by atoms with Gasteiger partial charge in [-0.1, -0.05) is 36.9 Å². The Labute approximate surface area is 167 Å². The van der Waals surface area contributed by atoms with Gasteiger partial charge in [-0.05, 0) is 24.6 Å². The molecule has 2 unspecified atom stereocenters. The van der Waals surface area contributed by atoms with Crippen LogP contribution in [0.25, 0.3) is 4.91 Å². The molecule has 1 aliphatic heterocycles. The summed E-state index contributed by atoms with van der Waals surface area (Å²) in [6.45, 7) is 3.74. The highest BCUT2D eigenvalue weighted by molar-refractivity contribution is 8.09. The van der Waals surface area contributed by atoms with E-state index in [1.54, 1.807) is 43.1 Å². The van der Waals surface area contributed by atoms with E-state index in [4.69, 9.17) is 9.84 Å². The molecule has 3 N–H and O–H groups in total. The summed E-state index contributed by atoms with van der Waals surface area (Å²) in [5, 5.41) is 21.9. The van der Waals surface area contributed by atoms with E-state index in [1.807, 2.05) is 6.92 Å². The van der Waals surface area contributed by atoms with Gasteiger partial charge in [-0.15, -0.1) is 0 Å². The van der Waals surface area contributed by atoms with Gasteiger partial charge >= 0.3 is 5.97 Å². The highest BCUT2D eigenvalue weighted by Crippen LogP contribution is 2.42. The number of ether oxygens (including phenoxy) is 1. The third-order valence-electron chi connectivity index (χ3n) is 4.48. The Bertz CT molecular complexity index is 899. The topological polar surface area (TPSA) is 105 Å². The maximum Gasteiger partial charge on any atom is 0.307 e. The minimum absolute atomic E-state index is 0.0246. The summed E-state index contributed by atoms with van der Waals surface area (Å²) in [6, 6.07) is 7.10. The highest BCUT2D eigenvalue weighted by Gasteiger charge is 2.27. The standard InChI is InChI=1S/C20H23N3O4S/c1-11-8-16(28-20(11)27-3)19-21-12(2)15(10-24)18(23-19)22-14-6-4-13(5-7-14)9-17(25)26/h4-8,11,20,24H,9-10H2,1-3H3,(H,25,26)(H,21,22,23). The number of nitrogens with one attached hydrogen (secondary N) is 1. The molecule has 0 amide bonds. The molecule has 0 aliphatic carbocycles. The molecular formula is C20H23N3O4S. The number of aromatic nitrogens is 2. The lowest BCUT2D eigenvalue weighted by Crippen LogP contribution is -2.09. The first-order valence-corrected chi connectivity index (χ1v) is 9.77. The van der Waals surface area contributed by atoms with E-state index in [9.17, 15) is 9.90 Å². The molecule has 2 atom stereocenters. The van der Waals surface area contributed by atoms with E-state index in [0.29, 0.717) is 28.5 Å². The van der Waals surface area contributed by atoms with Gasteiger partial charge in [-0.2, -0.15) is 0 Å². The largest absolute Gasteiger partial charge is 0.481 e. The first kappa shape index (κ1) is 20.3. The number of aryl methyl sites for hydroxylation is 1. The molecule has 0 saturated heterocycles. The Balaban J connectivity index is 1.89. The molecule has 0 saturated carbocycles. The third kappa shape index (κ3) is 4.52. The van der Waals surface area contributed by atoms with Crippen molar-refractivity contribution in [1.82, 2.24) is 9.97 Å². The second kappa shape index (κ2) is 8.72. The lowest BCUT2D eigenvalue weighted by atomic mass is 10.1. The van der Waals surface area contributed by atoms with Crippen molar-refractivity contribution in [3.05, 3.63) is 53.0 Å². The highest BCUT2D eigenvalue weighted by atomic mass is 32.2. The number of thioether (sulfide) groups is 1. The zero-order valence-electron chi connectivity index (χ0n) is 16.0. The Morgan fingerprint density at radius 3 is 2.57 bits per heavy atom. The van der Waals surface area contributed by atoms with Crippen LogP contribution in [0.15, 0.2) is 30.3 Å². The van der Waals surface area contributed by atoms with Gasteiger partial charge in [0.2, 0.25) is 0 Å². The Morgan fingerprint density at radius 1 is 1.29 bits per heavy atom. The molecule has 3 rings (SSSR count). The number of carbonyl (C=O) groups is 1. The predicted octanol–water partition coefficient (Wildman–Crippen LogP) is 3.34. The minimum Gasteiger partial charge on any atom is -0.481 e. The quantitative estimate of drug-likeness (QED) is 0.649. The van der Waals surface area contributed by atoms with E-state index >= 15 is 0 Å². The van der Waals surface area contributed by atoms with Crippen molar-refractivity contribution in [2.24, 2.45) is 5.92 Å². The number of aliphatic hydroxyl groups is 1. The second-order valence-electron chi connectivity index (χ2n) is 6.62. The van der Waals surface area contributed by atoms with E-state index in [2.05, 4.69) is 28.3 Å². The van der Waals surface area contributed by atoms with Crippen LogP contribution in [0.3, 0.4) is 0 Å². The summed E-state index contributed by atoms with van der Waals surface area (Å²) in [5.74, 6) is 0.511. The zero-order chi connectivity index (χ0) is 20.3. The van der Waals surface area contributed by atoms with Crippen molar-refractivity contribution in [1.29, 1.82) is 0 Å². The lowest BCUT2D eigenvalue weighted by molar-refractivity contribution is -0.136. The van der Waals surface area contributed by atoms with E-state index < -0.39 is 5.97 Å². The van der Waals surface area contributed by atoms with Crippen LogP contribution in [-0.2, 0) is 22.6 Å². The monoisotopic (exact) mass is 401 g/mol. The van der Waals surface area contributed by atoms with Gasteiger partial charge in [0.05, 0.1) is 17.9 Å². The predicted molar refractivity (Wildman–Crippen MR) is 109 cm³/mol. The molecule has 0 radical (unpaired) electrons. The van der Waals surface area contributed by atoms with Crippen molar-refractivity contribution in [3.8, 4) is 0 Å². The molecule has 0 bridgehead atoms. The van der Waals surface area contributed by atoms with Gasteiger partial charge in [0.25, 0.3) is 0 Å². The van der Waals surface area contributed by atoms with Crippen LogP contribution in [-0.4, -0.2) is 38.7 Å². The number of carboxylic acids is 1. The first-order valence-electron chi connectivity index (χ1n) is 8.89. The fourth-order valence-electron chi connectivity index (χ4n) is 3.00. The lowest BCUT2D eigenvalue weighted by Gasteiger charge is -2.15. The number of aliphatic carboxylic acids is 1. The molecule has 2 aromatic rings. The van der Waals surface area contributed by atoms with Gasteiger partial charge in [0.1, 0.15) is 11.3 Å². The van der Waals surface area contributed by atoms with E-state index in [-0.39, 0.29) is 24.4 Å². The Hall–Kier alpha value is -2.42. The van der Waals surface area contributed by atoms with Crippen molar-refractivity contribution in [2.45, 2.75) is 32.3 Å². The summed E-state index contributed by atoms with van der Waals surface area (Å²) in [7, 11) is 1.69. The molecular weight excluding hydrogens is 378 g/mol. The van der Waals surface area contributed by atoms with Crippen LogP contribution in [0.4, 0.5) is 11.5 Å². The molecule has 7 nitrogen and oxygen atoms in total. The number of benzene rings is 1. The molecule has 1 aliphatic rings. The summed E-state index contributed by atoms with van der Waals surface area (Å²) in [5.41, 5.74) is 2.83. The fourth-order valence-corrected chi connectivity index (χ4v) is 4.12. The number of anilines is 2. The molecule has 1 aromatic carbocycles. The van der Waals surface area contributed by atoms with Gasteiger partial charge < -0.3 is 20.3 Å². The average molecular weight is 401 g/mol. The minimum atomic E-state index is -0.870. The SMILES string of the molecule is COC1SC(c2nc(C)c(CO)c(Nc3ccc(CC(=O)O)cc3)n2)=CC1C. The molecule has 1 aromatic heterocycles. The summed E-state index contributed by atoms with van der Waals surface area (Å²) in [4.78, 5) is 21.0. The number of aliphatic hydroxyl groups excluding tert-OH is 1. The van der Waals surface area contributed by atoms with E-state index in [0.717, 1.165) is 10.6 Å². The van der Waals surface area contributed by atoms with Crippen LogP contribution < -0.4 is 5.32 Å². The number of rotatable bonds is 7. The number of methoxy groups -OCH3 is 1. The zero-order valence-corrected chi connectivity index (χ0v) is 16.8. The van der Waals surface area contributed by atoms with Crippen LogP contribution in [0, 0.1) is 12.8 Å². The van der Waals surface area contributed by atoms with Crippen molar-refractivity contribution in [2.75, 3.05) is 12.4 Å². The van der Waals surface area contributed by atoms with Crippen LogP contribution in [0.5, 0.6) is 0 Å². The normalized spacial score (nSPS) is 18.8. The molecule has 148 valence electrons. The number of carboxylic acid groups (broad SMARTS) is 1. The number of hydrogen-bond acceptors (Lipinski definition) is 7. The Kier molecular flexibility index (Phi) is 6.33. The third-order valence-corrected chi connectivity index (χ3v) is 5.91. The summed E-state index contributed by atoms with van der Waals surface area (Å²) in [6.07, 6.45) is 2.07. The molecule has 8 heteroatoms. The fraction of sp³-hybridized carbons (Fsp3) is 0.350. The number of hydrogen-bond donors (Lipinski definition) is 3. The summed E-state index contributed by atoms with van der Waals surface area (Å²) >= 11 is 1.58. The maximum absolute atomic E-state index is 10.8. The van der Waals surface area contributed by atoms with Crippen molar-refractivity contribution >= 4 is 34.1 Å². The van der Waals surface area contributed by atoms with Crippen LogP contribution in [0.1, 0.15) is 29.6 Å². The molecule has 28 heavy (non-hydrogen) atoms. The van der Waals surface area contributed by atoms with Gasteiger partial charge in [0, 0.05) is 30.0 Å². The average Bonchev–Trinajstić information content (AvgIpc) is 3.03. The van der Waals surface area contributed by atoms with Gasteiger partial charge in [-0.25, -0.2) is 9.97 Å². The number of nitrogens with zero attached hydrogens (tertiary/aromatic N) is 2. The smallest absolute Gasteiger partial charge is 0.307 e. The van der Waals surface area contributed by atoms with E-state index in [1.165, 1.54) is 0 Å². The van der Waals surface area contributed by atoms with Crippen LogP contribution >= 0.6 is 11.8 Å². The molecule has 2 heterocycles. The van der Waals surface area contributed by atoms with Gasteiger partial charge in [0.15, 0.2) is 5.82 Å². The first-order chi connectivity index (χ1) is 13.4. The van der Waals surface area contributed by atoms with Crippen LogP contribution in [0.2, 0.25) is 0 Å². The molecule has 0 spiro atoms. The summed E-state index contributed by atoms with van der Waals surface area (Å²) < 4.78 is 5.47. The molecule has 0 fully saturated rings. The second-order valence-corrected chi connectivity index (χ2v) is 7.76. The Morgan fingerprint density at radius 2 is 2.00 bits per heavy atom. The van der Waals surface area contributed by atoms with Gasteiger partial charge in [-0.3, -0.25) is 4.79 Å². The van der Waals surface area contributed by atoms with Crippen molar-refractivity contribution < 1.29 is 19.7 Å². The van der Waals surface area contributed by atoms with Crippen molar-refractivity contribution in [3.63, 3.8) is 0 Å².